The molecule has 0 unspecified atom stereocenters. The van der Waals surface area contributed by atoms with E-state index in [2.05, 4.69) is 5.32 Å². The summed E-state index contributed by atoms with van der Waals surface area (Å²) in [7, 11) is 0. The zero-order chi connectivity index (χ0) is 25.2. The van der Waals surface area contributed by atoms with Crippen molar-refractivity contribution in [3.63, 3.8) is 0 Å². The minimum Gasteiger partial charge on any atom is -0.548 e. The molecule has 0 radical (unpaired) electrons. The van der Waals surface area contributed by atoms with Crippen molar-refractivity contribution in [3.05, 3.63) is 94.0 Å². The summed E-state index contributed by atoms with van der Waals surface area (Å²) in [5.74, 6) is -1.12. The van der Waals surface area contributed by atoms with Crippen LogP contribution < -0.4 is 29.3 Å². The average Bonchev–Trinajstić information content (AvgIpc) is 2.85. The second-order valence-electron chi connectivity index (χ2n) is 8.22. The first-order valence-electron chi connectivity index (χ1n) is 11.4. The third-order valence-electron chi connectivity index (χ3n) is 5.71. The number of rotatable bonds is 12. The SMILES string of the molecule is CSCC[C@H](NC(=O)c1ccc(COCCc2ccccc2Cl)cc1-c1ccccc1C)C(=O)[O-].[Li+]. The topological polar surface area (TPSA) is 78.5 Å². The van der Waals surface area contributed by atoms with Crippen LogP contribution >= 0.6 is 23.4 Å². The van der Waals surface area contributed by atoms with Gasteiger partial charge in [0.2, 0.25) is 0 Å². The van der Waals surface area contributed by atoms with Crippen LogP contribution in [0.2, 0.25) is 5.02 Å². The summed E-state index contributed by atoms with van der Waals surface area (Å²) >= 11 is 7.74. The van der Waals surface area contributed by atoms with Gasteiger partial charge in [0.05, 0.1) is 25.2 Å². The third kappa shape index (κ3) is 8.43. The van der Waals surface area contributed by atoms with E-state index in [9.17, 15) is 14.7 Å². The number of nitrogens with one attached hydrogen (secondary N) is 1. The summed E-state index contributed by atoms with van der Waals surface area (Å²) in [5.41, 5.74) is 5.01. The molecule has 0 spiro atoms. The molecular formula is C28H29ClLiNO4S. The molecule has 0 aliphatic carbocycles. The molecule has 3 rings (SSSR count). The molecule has 0 aromatic heterocycles. The van der Waals surface area contributed by atoms with Crippen molar-refractivity contribution in [3.8, 4) is 11.1 Å². The van der Waals surface area contributed by atoms with E-state index in [1.54, 1.807) is 6.07 Å². The monoisotopic (exact) mass is 517 g/mol. The van der Waals surface area contributed by atoms with E-state index < -0.39 is 17.9 Å². The Morgan fingerprint density at radius 2 is 1.78 bits per heavy atom. The molecule has 0 aliphatic heterocycles. The first kappa shape index (κ1) is 30.0. The number of benzene rings is 3. The number of hydrogen-bond donors (Lipinski definition) is 1. The summed E-state index contributed by atoms with van der Waals surface area (Å²) in [6.07, 6.45) is 2.89. The minimum atomic E-state index is -1.28. The Hall–Kier alpha value is -2.20. The smallest absolute Gasteiger partial charge is 0.548 e. The molecule has 0 heterocycles. The quantitative estimate of drug-likeness (QED) is 0.292. The number of aliphatic carboxylic acids is 1. The largest absolute Gasteiger partial charge is 1.00 e. The van der Waals surface area contributed by atoms with Crippen molar-refractivity contribution in [2.75, 3.05) is 18.6 Å². The molecule has 1 atom stereocenters. The molecule has 0 aliphatic rings. The van der Waals surface area contributed by atoms with Gasteiger partial charge in [-0.25, -0.2) is 0 Å². The molecule has 3 aromatic carbocycles. The molecule has 0 saturated heterocycles. The first-order valence-corrected chi connectivity index (χ1v) is 13.2. The van der Waals surface area contributed by atoms with Gasteiger partial charge in [0.1, 0.15) is 0 Å². The molecule has 0 bridgehead atoms. The Morgan fingerprint density at radius 1 is 1.06 bits per heavy atom. The van der Waals surface area contributed by atoms with Crippen molar-refractivity contribution < 1.29 is 38.3 Å². The van der Waals surface area contributed by atoms with Crippen molar-refractivity contribution in [1.82, 2.24) is 5.32 Å². The van der Waals surface area contributed by atoms with Crippen LogP contribution in [0.15, 0.2) is 66.7 Å². The van der Waals surface area contributed by atoms with E-state index in [1.807, 2.05) is 73.8 Å². The summed E-state index contributed by atoms with van der Waals surface area (Å²) in [5, 5.41) is 14.9. The van der Waals surface area contributed by atoms with E-state index >= 15 is 0 Å². The number of carbonyl (C=O) groups excluding carboxylic acids is 2. The first-order chi connectivity index (χ1) is 16.9. The maximum atomic E-state index is 13.1. The second kappa shape index (κ2) is 15.1. The van der Waals surface area contributed by atoms with E-state index in [-0.39, 0.29) is 18.9 Å². The van der Waals surface area contributed by atoms with Gasteiger partial charge in [-0.15, -0.1) is 0 Å². The van der Waals surface area contributed by atoms with Gasteiger partial charge in [0.15, 0.2) is 0 Å². The molecule has 0 fully saturated rings. The minimum absolute atomic E-state index is 0. The Balaban J connectivity index is 0.00000456. The van der Waals surface area contributed by atoms with Crippen LogP contribution in [0.25, 0.3) is 11.1 Å². The van der Waals surface area contributed by atoms with Gasteiger partial charge in [-0.2, -0.15) is 11.8 Å². The zero-order valence-electron chi connectivity index (χ0n) is 20.9. The zero-order valence-corrected chi connectivity index (χ0v) is 22.5. The number of hydrogen-bond acceptors (Lipinski definition) is 5. The van der Waals surface area contributed by atoms with Crippen LogP contribution in [0.5, 0.6) is 0 Å². The van der Waals surface area contributed by atoms with Gasteiger partial charge < -0.3 is 20.0 Å². The molecule has 1 amide bonds. The van der Waals surface area contributed by atoms with Gasteiger partial charge in [-0.1, -0.05) is 60.1 Å². The third-order valence-corrected chi connectivity index (χ3v) is 6.72. The predicted molar refractivity (Wildman–Crippen MR) is 141 cm³/mol. The number of aryl methyl sites for hydroxylation is 1. The summed E-state index contributed by atoms with van der Waals surface area (Å²) < 4.78 is 5.89. The van der Waals surface area contributed by atoms with Crippen LogP contribution in [0, 0.1) is 6.92 Å². The van der Waals surface area contributed by atoms with Gasteiger partial charge in [0.25, 0.3) is 5.91 Å². The van der Waals surface area contributed by atoms with Crippen LogP contribution in [0.4, 0.5) is 0 Å². The summed E-state index contributed by atoms with van der Waals surface area (Å²) in [6.45, 7) is 2.86. The fourth-order valence-electron chi connectivity index (χ4n) is 3.77. The molecule has 3 aromatic rings. The second-order valence-corrected chi connectivity index (χ2v) is 9.61. The van der Waals surface area contributed by atoms with Crippen molar-refractivity contribution in [2.24, 2.45) is 0 Å². The van der Waals surface area contributed by atoms with Crippen LogP contribution in [0.3, 0.4) is 0 Å². The molecule has 0 saturated carbocycles. The maximum absolute atomic E-state index is 13.1. The number of carboxylic acids is 1. The number of amides is 1. The van der Waals surface area contributed by atoms with E-state index in [1.165, 1.54) is 11.8 Å². The Bertz CT molecular complexity index is 1170. The van der Waals surface area contributed by atoms with Gasteiger partial charge in [-0.05, 0) is 77.8 Å². The molecule has 8 heteroatoms. The fraction of sp³-hybridized carbons (Fsp3) is 0.286. The summed E-state index contributed by atoms with van der Waals surface area (Å²) in [4.78, 5) is 24.7. The van der Waals surface area contributed by atoms with E-state index in [0.717, 1.165) is 32.8 Å². The van der Waals surface area contributed by atoms with E-state index in [0.29, 0.717) is 37.4 Å². The molecular weight excluding hydrogens is 489 g/mol. The van der Waals surface area contributed by atoms with Crippen LogP contribution in [-0.4, -0.2) is 36.5 Å². The predicted octanol–water partition coefficient (Wildman–Crippen LogP) is 1.68. The standard InChI is InChI=1S/C28H30ClNO4S.Li/c1-19-7-3-5-9-22(19)24-17-20(18-34-15-13-21-8-4-6-10-25(21)29)11-12-23(24)27(31)30-26(28(32)33)14-16-35-2;/h3-12,17,26H,13-16,18H2,1-2H3,(H,30,31)(H,32,33);/q;+1/p-1/t26-;/m0./s1. The molecule has 184 valence electrons. The Morgan fingerprint density at radius 3 is 2.47 bits per heavy atom. The average molecular weight is 518 g/mol. The maximum Gasteiger partial charge on any atom is 1.00 e. The number of carboxylic acid groups (broad SMARTS) is 1. The van der Waals surface area contributed by atoms with Crippen LogP contribution in [0.1, 0.15) is 33.5 Å². The number of halogens is 1. The van der Waals surface area contributed by atoms with Crippen molar-refractivity contribution in [2.45, 2.75) is 32.4 Å². The number of thioether (sulfide) groups is 1. The molecule has 36 heavy (non-hydrogen) atoms. The number of ether oxygens (including phenoxy) is 1. The Labute approximate surface area is 234 Å². The molecule has 5 nitrogen and oxygen atoms in total. The molecule has 1 N–H and O–H groups in total. The normalized spacial score (nSPS) is 11.4. The Kier molecular flexibility index (Phi) is 12.6. The fourth-order valence-corrected chi connectivity index (χ4v) is 4.47. The summed E-state index contributed by atoms with van der Waals surface area (Å²) in [6, 6.07) is 19.9. The van der Waals surface area contributed by atoms with Gasteiger partial charge in [-0.3, -0.25) is 4.79 Å². The number of carbonyl (C=O) groups is 2. The van der Waals surface area contributed by atoms with Crippen LogP contribution in [-0.2, 0) is 22.6 Å². The van der Waals surface area contributed by atoms with E-state index in [4.69, 9.17) is 16.3 Å². The van der Waals surface area contributed by atoms with Gasteiger partial charge in [0, 0.05) is 10.6 Å². The van der Waals surface area contributed by atoms with Gasteiger partial charge >= 0.3 is 18.9 Å². The van der Waals surface area contributed by atoms with Crippen molar-refractivity contribution in [1.29, 1.82) is 0 Å². The van der Waals surface area contributed by atoms with Crippen molar-refractivity contribution >= 4 is 35.2 Å².